The summed E-state index contributed by atoms with van der Waals surface area (Å²) in [5, 5.41) is 5.54. The number of amides is 1. The molecule has 0 unspecified atom stereocenters. The lowest BCUT2D eigenvalue weighted by Gasteiger charge is -2.11. The minimum absolute atomic E-state index is 0.254. The Kier molecular flexibility index (Phi) is 6.24. The number of hydrogen-bond donors (Lipinski definition) is 2. The highest BCUT2D eigenvalue weighted by Gasteiger charge is 2.10. The van der Waals surface area contributed by atoms with Crippen molar-refractivity contribution < 1.29 is 9.53 Å². The summed E-state index contributed by atoms with van der Waals surface area (Å²) in [7, 11) is 1.65. The third kappa shape index (κ3) is 5.16. The lowest BCUT2D eigenvalue weighted by molar-refractivity contribution is 0.0976. The Balaban J connectivity index is 2.75. The third-order valence-corrected chi connectivity index (χ3v) is 3.15. The van der Waals surface area contributed by atoms with Gasteiger partial charge in [-0.2, -0.15) is 0 Å². The Morgan fingerprint density at radius 1 is 1.47 bits per heavy atom. The fraction of sp³-hybridized carbons (Fsp3) is 0.385. The number of hydrogen-bond acceptors (Lipinski definition) is 3. The zero-order valence-corrected chi connectivity index (χ0v) is 13.5. The van der Waals surface area contributed by atoms with E-state index < -0.39 is 0 Å². The lowest BCUT2D eigenvalue weighted by Crippen LogP contribution is -2.37. The summed E-state index contributed by atoms with van der Waals surface area (Å²) >= 11 is 8.28. The van der Waals surface area contributed by atoms with Crippen LogP contribution in [-0.2, 0) is 0 Å². The lowest BCUT2D eigenvalue weighted by atomic mass is 10.2. The predicted molar refractivity (Wildman–Crippen MR) is 83.6 cm³/mol. The Morgan fingerprint density at radius 3 is 2.68 bits per heavy atom. The van der Waals surface area contributed by atoms with Crippen LogP contribution in [0.1, 0.15) is 24.2 Å². The normalized spacial score (nSPS) is 10.2. The number of rotatable bonds is 4. The Labute approximate surface area is 127 Å². The van der Waals surface area contributed by atoms with Crippen LogP contribution < -0.4 is 15.4 Å². The van der Waals surface area contributed by atoms with Crippen molar-refractivity contribution in [2.45, 2.75) is 13.8 Å². The molecule has 0 aliphatic rings. The number of ether oxygens (including phenoxy) is 1. The zero-order chi connectivity index (χ0) is 14.4. The number of carbonyl (C=O) groups excluding carboxylic acids is 1. The molecule has 0 radical (unpaired) electrons. The first kappa shape index (κ1) is 15.9. The van der Waals surface area contributed by atoms with Gasteiger partial charge in [0.05, 0.1) is 11.1 Å². The van der Waals surface area contributed by atoms with Crippen LogP contribution >= 0.6 is 28.1 Å². The van der Waals surface area contributed by atoms with E-state index in [1.54, 1.807) is 25.2 Å². The van der Waals surface area contributed by atoms with E-state index in [1.165, 1.54) is 0 Å². The van der Waals surface area contributed by atoms with Gasteiger partial charge in [-0.1, -0.05) is 13.8 Å². The van der Waals surface area contributed by atoms with E-state index in [0.29, 0.717) is 23.2 Å². The maximum absolute atomic E-state index is 11.8. The molecule has 0 aromatic heterocycles. The largest absolute Gasteiger partial charge is 0.492 e. The molecular weight excluding hydrogens is 328 g/mol. The summed E-state index contributed by atoms with van der Waals surface area (Å²) < 4.78 is 6.36. The van der Waals surface area contributed by atoms with Crippen LogP contribution in [0.25, 0.3) is 0 Å². The summed E-state index contributed by atoms with van der Waals surface area (Å²) in [5.41, 5.74) is 0.515. The van der Waals surface area contributed by atoms with Crippen LogP contribution in [0.15, 0.2) is 22.7 Å². The van der Waals surface area contributed by atoms with Gasteiger partial charge in [0.15, 0.2) is 5.11 Å². The third-order valence-electron chi connectivity index (χ3n) is 2.22. The molecule has 1 aromatic carbocycles. The fourth-order valence-electron chi connectivity index (χ4n) is 1.25. The summed E-state index contributed by atoms with van der Waals surface area (Å²) in [6.45, 7) is 4.79. The first-order valence-electron chi connectivity index (χ1n) is 5.89. The van der Waals surface area contributed by atoms with Crippen molar-refractivity contribution in [1.29, 1.82) is 0 Å². The second kappa shape index (κ2) is 7.45. The molecule has 6 heteroatoms. The fourth-order valence-corrected chi connectivity index (χ4v) is 1.84. The van der Waals surface area contributed by atoms with E-state index in [0.717, 1.165) is 10.2 Å². The van der Waals surface area contributed by atoms with E-state index in [1.807, 2.05) is 0 Å². The molecular formula is C13H17BrN2O2S. The van der Waals surface area contributed by atoms with Crippen molar-refractivity contribution in [1.82, 2.24) is 10.6 Å². The van der Waals surface area contributed by atoms with Crippen LogP contribution in [0.5, 0.6) is 5.75 Å². The van der Waals surface area contributed by atoms with Crippen LogP contribution in [0, 0.1) is 5.92 Å². The number of thiocarbonyl (C=S) groups is 1. The minimum Gasteiger partial charge on any atom is -0.492 e. The van der Waals surface area contributed by atoms with Gasteiger partial charge in [0.25, 0.3) is 5.91 Å². The summed E-state index contributed by atoms with van der Waals surface area (Å²) in [4.78, 5) is 11.8. The summed E-state index contributed by atoms with van der Waals surface area (Å²) in [6.07, 6.45) is 0. The molecule has 0 aliphatic carbocycles. The Morgan fingerprint density at radius 2 is 2.16 bits per heavy atom. The van der Waals surface area contributed by atoms with Gasteiger partial charge in [-0.3, -0.25) is 10.1 Å². The summed E-state index contributed by atoms with van der Waals surface area (Å²) in [6, 6.07) is 5.18. The standard InChI is InChI=1S/C13H17BrN2O2S/c1-8(2)7-18-11-5-4-9(6-10(11)14)12(17)16-13(19)15-3/h4-6,8H,7H2,1-3H3,(H2,15,16,17,19). The van der Waals surface area contributed by atoms with Crippen LogP contribution in [0.2, 0.25) is 0 Å². The van der Waals surface area contributed by atoms with E-state index in [4.69, 9.17) is 17.0 Å². The summed E-state index contributed by atoms with van der Waals surface area (Å²) in [5.74, 6) is 0.916. The average Bonchev–Trinajstić information content (AvgIpc) is 2.36. The van der Waals surface area contributed by atoms with Gasteiger partial charge < -0.3 is 10.1 Å². The van der Waals surface area contributed by atoms with E-state index in [9.17, 15) is 4.79 Å². The van der Waals surface area contributed by atoms with Crippen LogP contribution in [0.3, 0.4) is 0 Å². The molecule has 0 saturated carbocycles. The Hall–Kier alpha value is -1.14. The molecule has 0 heterocycles. The predicted octanol–water partition coefficient (Wildman–Crippen LogP) is 2.72. The SMILES string of the molecule is CNC(=S)NC(=O)c1ccc(OCC(C)C)c(Br)c1. The van der Waals surface area contributed by atoms with Crippen molar-refractivity contribution in [3.63, 3.8) is 0 Å². The molecule has 0 atom stereocenters. The van der Waals surface area contributed by atoms with Gasteiger partial charge in [0.2, 0.25) is 0 Å². The van der Waals surface area contributed by atoms with Gasteiger partial charge in [0.1, 0.15) is 5.75 Å². The van der Waals surface area contributed by atoms with Crippen molar-refractivity contribution in [2.24, 2.45) is 5.92 Å². The topological polar surface area (TPSA) is 50.4 Å². The molecule has 4 nitrogen and oxygen atoms in total. The van der Waals surface area contributed by atoms with Gasteiger partial charge in [0, 0.05) is 12.6 Å². The van der Waals surface area contributed by atoms with Crippen molar-refractivity contribution in [3.8, 4) is 5.75 Å². The Bertz CT molecular complexity index is 478. The molecule has 104 valence electrons. The molecule has 0 spiro atoms. The van der Waals surface area contributed by atoms with Crippen molar-refractivity contribution in [2.75, 3.05) is 13.7 Å². The quantitative estimate of drug-likeness (QED) is 0.824. The highest BCUT2D eigenvalue weighted by molar-refractivity contribution is 9.10. The average molecular weight is 345 g/mol. The van der Waals surface area contributed by atoms with Crippen molar-refractivity contribution in [3.05, 3.63) is 28.2 Å². The highest BCUT2D eigenvalue weighted by Crippen LogP contribution is 2.26. The first-order chi connectivity index (χ1) is 8.93. The molecule has 0 saturated heterocycles. The number of halogens is 1. The van der Waals surface area contributed by atoms with Crippen LogP contribution in [-0.4, -0.2) is 24.7 Å². The molecule has 0 bridgehead atoms. The second-order valence-electron chi connectivity index (χ2n) is 4.38. The number of benzene rings is 1. The van der Waals surface area contributed by atoms with E-state index in [-0.39, 0.29) is 5.91 Å². The maximum atomic E-state index is 11.8. The first-order valence-corrected chi connectivity index (χ1v) is 7.09. The van der Waals surface area contributed by atoms with Gasteiger partial charge in [-0.25, -0.2) is 0 Å². The van der Waals surface area contributed by atoms with Gasteiger partial charge in [-0.05, 0) is 52.3 Å². The van der Waals surface area contributed by atoms with E-state index in [2.05, 4.69) is 40.4 Å². The number of nitrogens with one attached hydrogen (secondary N) is 2. The molecule has 1 amide bonds. The molecule has 0 aliphatic heterocycles. The number of carbonyl (C=O) groups is 1. The van der Waals surface area contributed by atoms with Gasteiger partial charge in [-0.15, -0.1) is 0 Å². The molecule has 0 fully saturated rings. The van der Waals surface area contributed by atoms with Crippen LogP contribution in [0.4, 0.5) is 0 Å². The molecule has 1 rings (SSSR count). The zero-order valence-electron chi connectivity index (χ0n) is 11.1. The smallest absolute Gasteiger partial charge is 0.257 e. The highest BCUT2D eigenvalue weighted by atomic mass is 79.9. The van der Waals surface area contributed by atoms with E-state index >= 15 is 0 Å². The second-order valence-corrected chi connectivity index (χ2v) is 5.65. The molecule has 2 N–H and O–H groups in total. The minimum atomic E-state index is -0.254. The molecule has 19 heavy (non-hydrogen) atoms. The van der Waals surface area contributed by atoms with Gasteiger partial charge >= 0.3 is 0 Å². The maximum Gasteiger partial charge on any atom is 0.257 e. The van der Waals surface area contributed by atoms with Crippen molar-refractivity contribution >= 4 is 39.2 Å². The monoisotopic (exact) mass is 344 g/mol. The molecule has 1 aromatic rings.